The van der Waals surface area contributed by atoms with Gasteiger partial charge in [-0.05, 0) is 67.8 Å². The summed E-state index contributed by atoms with van der Waals surface area (Å²) in [5.41, 5.74) is 3.48. The molecule has 152 valence electrons. The van der Waals surface area contributed by atoms with E-state index in [1.54, 1.807) is 42.5 Å². The van der Waals surface area contributed by atoms with Gasteiger partial charge in [0.05, 0.1) is 21.2 Å². The molecule has 0 aliphatic rings. The largest absolute Gasteiger partial charge is 0.433 e. The Labute approximate surface area is 186 Å². The van der Waals surface area contributed by atoms with Gasteiger partial charge in [0, 0.05) is 5.56 Å². The van der Waals surface area contributed by atoms with Crippen LogP contribution in [0.4, 0.5) is 5.88 Å². The molecular formula is C19H11Br2N3O6. The van der Waals surface area contributed by atoms with Gasteiger partial charge in [-0.2, -0.15) is 5.10 Å². The third-order valence-corrected chi connectivity index (χ3v) is 4.78. The average molecular weight is 537 g/mol. The number of halogens is 2. The number of nitro groups is 1. The Kier molecular flexibility index (Phi) is 6.75. The van der Waals surface area contributed by atoms with Gasteiger partial charge in [0.15, 0.2) is 5.75 Å². The van der Waals surface area contributed by atoms with Crippen LogP contribution in [0, 0.1) is 10.1 Å². The molecule has 0 spiro atoms. The van der Waals surface area contributed by atoms with Crippen molar-refractivity contribution < 1.29 is 23.7 Å². The van der Waals surface area contributed by atoms with Crippen LogP contribution in [0.15, 0.2) is 73.1 Å². The van der Waals surface area contributed by atoms with Crippen molar-refractivity contribution >= 4 is 55.8 Å². The first-order chi connectivity index (χ1) is 14.3. The molecule has 30 heavy (non-hydrogen) atoms. The van der Waals surface area contributed by atoms with E-state index >= 15 is 0 Å². The summed E-state index contributed by atoms with van der Waals surface area (Å²) in [6.07, 6.45) is 1.41. The maximum absolute atomic E-state index is 12.2. The summed E-state index contributed by atoms with van der Waals surface area (Å²) >= 11 is 6.58. The topological polar surface area (TPSA) is 124 Å². The van der Waals surface area contributed by atoms with Crippen LogP contribution in [0.2, 0.25) is 0 Å². The molecule has 0 bridgehead atoms. The number of nitrogens with one attached hydrogen (secondary N) is 1. The monoisotopic (exact) mass is 535 g/mol. The minimum absolute atomic E-state index is 0.143. The van der Waals surface area contributed by atoms with Gasteiger partial charge in [0.1, 0.15) is 4.92 Å². The number of nitrogens with zero attached hydrogens (tertiary/aromatic N) is 2. The van der Waals surface area contributed by atoms with Crippen molar-refractivity contribution in [3.63, 3.8) is 0 Å². The summed E-state index contributed by atoms with van der Waals surface area (Å²) in [6.45, 7) is 0. The number of amides is 1. The number of rotatable bonds is 6. The predicted molar refractivity (Wildman–Crippen MR) is 114 cm³/mol. The van der Waals surface area contributed by atoms with E-state index in [0.29, 0.717) is 20.1 Å². The molecule has 9 nitrogen and oxygen atoms in total. The summed E-state index contributed by atoms with van der Waals surface area (Å²) in [7, 11) is 0. The molecule has 0 atom stereocenters. The zero-order chi connectivity index (χ0) is 21.7. The molecule has 0 saturated heterocycles. The van der Waals surface area contributed by atoms with Crippen LogP contribution >= 0.6 is 31.9 Å². The number of hydrogen-bond acceptors (Lipinski definition) is 7. The zero-order valence-corrected chi connectivity index (χ0v) is 18.0. The predicted octanol–water partition coefficient (Wildman–Crippen LogP) is 4.70. The number of hydrazone groups is 1. The number of furan rings is 1. The maximum Gasteiger partial charge on any atom is 0.433 e. The summed E-state index contributed by atoms with van der Waals surface area (Å²) in [5, 5.41) is 14.6. The molecule has 1 aromatic heterocycles. The lowest BCUT2D eigenvalue weighted by molar-refractivity contribution is -0.402. The zero-order valence-electron chi connectivity index (χ0n) is 14.9. The van der Waals surface area contributed by atoms with Crippen LogP contribution in [0.25, 0.3) is 0 Å². The van der Waals surface area contributed by atoms with Gasteiger partial charge in [0.25, 0.3) is 5.91 Å². The minimum atomic E-state index is -0.902. The molecule has 0 saturated carbocycles. The number of carbonyl (C=O) groups is 2. The first-order valence-electron chi connectivity index (χ1n) is 8.19. The van der Waals surface area contributed by atoms with Crippen LogP contribution < -0.4 is 10.2 Å². The average Bonchev–Trinajstić information content (AvgIpc) is 3.22. The minimum Gasteiger partial charge on any atom is -0.418 e. The number of hydrogen-bond donors (Lipinski definition) is 1. The fourth-order valence-electron chi connectivity index (χ4n) is 2.25. The standard InChI is InChI=1S/C19H11Br2N3O6/c20-13-8-11(10-22-23-18(25)12-4-2-1-3-5-12)9-14(21)17(13)30-19(26)15-6-7-16(29-15)24(27)28/h1-10H,(H,23,25). The van der Waals surface area contributed by atoms with Crippen LogP contribution in [-0.4, -0.2) is 23.0 Å². The second-order valence-corrected chi connectivity index (χ2v) is 7.37. The van der Waals surface area contributed by atoms with Gasteiger partial charge in [-0.25, -0.2) is 10.2 Å². The van der Waals surface area contributed by atoms with E-state index in [1.807, 2.05) is 0 Å². The highest BCUT2D eigenvalue weighted by Gasteiger charge is 2.21. The smallest absolute Gasteiger partial charge is 0.418 e. The molecule has 0 aliphatic carbocycles. The van der Waals surface area contributed by atoms with Gasteiger partial charge in [-0.3, -0.25) is 14.9 Å². The van der Waals surface area contributed by atoms with Gasteiger partial charge in [0.2, 0.25) is 5.76 Å². The second kappa shape index (κ2) is 9.46. The molecule has 0 aliphatic heterocycles. The van der Waals surface area contributed by atoms with Crippen molar-refractivity contribution in [2.45, 2.75) is 0 Å². The van der Waals surface area contributed by atoms with Gasteiger partial charge in [-0.1, -0.05) is 18.2 Å². The van der Waals surface area contributed by atoms with Gasteiger partial charge in [-0.15, -0.1) is 0 Å². The SMILES string of the molecule is O=C(NN=Cc1cc(Br)c(OC(=O)c2ccc([N+](=O)[O-])o2)c(Br)c1)c1ccccc1. The maximum atomic E-state index is 12.2. The first kappa shape index (κ1) is 21.4. The Morgan fingerprint density at radius 3 is 2.37 bits per heavy atom. The Hall–Kier alpha value is -3.31. The molecule has 2 aromatic carbocycles. The second-order valence-electron chi connectivity index (χ2n) is 5.66. The molecular weight excluding hydrogens is 526 g/mol. The van der Waals surface area contributed by atoms with E-state index in [2.05, 4.69) is 42.4 Å². The fraction of sp³-hybridized carbons (Fsp3) is 0. The van der Waals surface area contributed by atoms with Crippen molar-refractivity contribution in [3.8, 4) is 5.75 Å². The Morgan fingerprint density at radius 1 is 1.10 bits per heavy atom. The lowest BCUT2D eigenvalue weighted by atomic mass is 10.2. The Balaban J connectivity index is 1.69. The number of carbonyl (C=O) groups excluding carboxylic acids is 2. The van der Waals surface area contributed by atoms with E-state index in [9.17, 15) is 19.7 Å². The normalized spacial score (nSPS) is 10.7. The Bertz CT molecular complexity index is 1120. The molecule has 0 fully saturated rings. The van der Waals surface area contributed by atoms with Crippen molar-refractivity contribution in [1.29, 1.82) is 0 Å². The van der Waals surface area contributed by atoms with Crippen molar-refractivity contribution in [1.82, 2.24) is 5.43 Å². The van der Waals surface area contributed by atoms with E-state index < -0.39 is 16.8 Å². The summed E-state index contributed by atoms with van der Waals surface area (Å²) in [6, 6.07) is 14.0. The molecule has 3 rings (SSSR count). The van der Waals surface area contributed by atoms with Gasteiger partial charge < -0.3 is 9.15 Å². The van der Waals surface area contributed by atoms with Crippen LogP contribution in [-0.2, 0) is 0 Å². The lowest BCUT2D eigenvalue weighted by Crippen LogP contribution is -2.17. The third-order valence-electron chi connectivity index (χ3n) is 3.60. The highest BCUT2D eigenvalue weighted by molar-refractivity contribution is 9.11. The van der Waals surface area contributed by atoms with E-state index in [4.69, 9.17) is 9.15 Å². The van der Waals surface area contributed by atoms with Crippen LogP contribution in [0.3, 0.4) is 0 Å². The van der Waals surface area contributed by atoms with Crippen molar-refractivity contribution in [2.75, 3.05) is 0 Å². The molecule has 11 heteroatoms. The fourth-order valence-corrected chi connectivity index (χ4v) is 3.63. The third kappa shape index (κ3) is 5.19. The molecule has 3 aromatic rings. The molecule has 1 heterocycles. The molecule has 0 unspecified atom stereocenters. The summed E-state index contributed by atoms with van der Waals surface area (Å²) < 4.78 is 10.9. The lowest BCUT2D eigenvalue weighted by Gasteiger charge is -2.08. The number of esters is 1. The number of ether oxygens (including phenoxy) is 1. The molecule has 1 N–H and O–H groups in total. The molecule has 0 radical (unpaired) electrons. The summed E-state index contributed by atoms with van der Waals surface area (Å²) in [5.74, 6) is -1.99. The summed E-state index contributed by atoms with van der Waals surface area (Å²) in [4.78, 5) is 34.0. The van der Waals surface area contributed by atoms with Crippen molar-refractivity contribution in [2.24, 2.45) is 5.10 Å². The van der Waals surface area contributed by atoms with E-state index in [0.717, 1.165) is 12.1 Å². The van der Waals surface area contributed by atoms with E-state index in [-0.39, 0.29) is 17.4 Å². The quantitative estimate of drug-likeness (QED) is 0.160. The highest BCUT2D eigenvalue weighted by atomic mass is 79.9. The van der Waals surface area contributed by atoms with E-state index in [1.165, 1.54) is 6.21 Å². The first-order valence-corrected chi connectivity index (χ1v) is 9.77. The Morgan fingerprint density at radius 2 is 1.77 bits per heavy atom. The van der Waals surface area contributed by atoms with Crippen molar-refractivity contribution in [3.05, 3.63) is 90.5 Å². The van der Waals surface area contributed by atoms with Crippen LogP contribution in [0.5, 0.6) is 5.75 Å². The van der Waals surface area contributed by atoms with Gasteiger partial charge >= 0.3 is 11.9 Å². The molecule has 1 amide bonds. The number of benzene rings is 2. The highest BCUT2D eigenvalue weighted by Crippen LogP contribution is 2.35. The van der Waals surface area contributed by atoms with Crippen LogP contribution in [0.1, 0.15) is 26.5 Å².